The zero-order chi connectivity index (χ0) is 66.3. The molecule has 3 heterocycles. The number of benzene rings is 13. The molecular formula is C88H62N6O4. The van der Waals surface area contributed by atoms with Crippen molar-refractivity contribution in [1.29, 1.82) is 0 Å². The summed E-state index contributed by atoms with van der Waals surface area (Å²) >= 11 is 0. The summed E-state index contributed by atoms with van der Waals surface area (Å²) in [7, 11) is 0. The highest BCUT2D eigenvalue weighted by molar-refractivity contribution is 6.21. The minimum absolute atomic E-state index is 0.199. The van der Waals surface area contributed by atoms with Crippen molar-refractivity contribution in [2.24, 2.45) is 0 Å². The number of anilines is 3. The molecule has 98 heavy (non-hydrogen) atoms. The molecule has 0 fully saturated rings. The van der Waals surface area contributed by atoms with Crippen LogP contribution in [0, 0.1) is 0 Å². The summed E-state index contributed by atoms with van der Waals surface area (Å²) in [4.78, 5) is 62.3. The molecule has 2 aliphatic carbocycles. The van der Waals surface area contributed by atoms with Crippen molar-refractivity contribution < 1.29 is 0 Å². The maximum Gasteiger partial charge on any atom is 0.340 e. The predicted octanol–water partition coefficient (Wildman–Crippen LogP) is 19.1. The minimum Gasteiger partial charge on any atom is -0.310 e. The molecule has 0 N–H and O–H groups in total. The normalized spacial score (nSPS) is 13.2. The van der Waals surface area contributed by atoms with Crippen LogP contribution in [0.4, 0.5) is 17.1 Å². The van der Waals surface area contributed by atoms with Crippen LogP contribution in [0.25, 0.3) is 117 Å². The second-order valence-electron chi connectivity index (χ2n) is 26.7. The third-order valence-corrected chi connectivity index (χ3v) is 20.6. The molecule has 0 unspecified atom stereocenters. The first-order chi connectivity index (χ1) is 47.8. The van der Waals surface area contributed by atoms with E-state index in [4.69, 9.17) is 0 Å². The van der Waals surface area contributed by atoms with Crippen molar-refractivity contribution in [3.05, 3.63) is 367 Å². The van der Waals surface area contributed by atoms with E-state index in [9.17, 15) is 4.79 Å². The molecule has 0 spiro atoms. The van der Waals surface area contributed by atoms with Gasteiger partial charge in [-0.1, -0.05) is 210 Å². The van der Waals surface area contributed by atoms with E-state index in [1.807, 2.05) is 152 Å². The summed E-state index contributed by atoms with van der Waals surface area (Å²) < 4.78 is 7.96. The minimum atomic E-state index is -0.485. The lowest BCUT2D eigenvalue weighted by atomic mass is 9.82. The van der Waals surface area contributed by atoms with E-state index in [1.54, 1.807) is 21.3 Å². The first-order valence-electron chi connectivity index (χ1n) is 33.2. The summed E-state index contributed by atoms with van der Waals surface area (Å²) in [5.74, 6) is 0. The van der Waals surface area contributed by atoms with Gasteiger partial charge in [-0.2, -0.15) is 0 Å². The topological polar surface area (TPSA) is 96.2 Å². The molecule has 0 radical (unpaired) electrons. The second-order valence-corrected chi connectivity index (χ2v) is 26.7. The van der Waals surface area contributed by atoms with Gasteiger partial charge >= 0.3 is 11.4 Å². The van der Waals surface area contributed by atoms with Crippen molar-refractivity contribution in [1.82, 2.24) is 22.8 Å². The molecule has 10 nitrogen and oxygen atoms in total. The third-order valence-electron chi connectivity index (χ3n) is 20.6. The van der Waals surface area contributed by atoms with Gasteiger partial charge in [0.25, 0.3) is 11.1 Å². The van der Waals surface area contributed by atoms with Gasteiger partial charge in [0.1, 0.15) is 0 Å². The fourth-order valence-corrected chi connectivity index (χ4v) is 15.9. The zero-order valence-electron chi connectivity index (χ0n) is 54.2. The number of hydrogen-bond donors (Lipinski definition) is 0. The van der Waals surface area contributed by atoms with E-state index in [1.165, 1.54) is 53.6 Å². The van der Waals surface area contributed by atoms with Crippen LogP contribution < -0.4 is 27.4 Å². The summed E-state index contributed by atoms with van der Waals surface area (Å²) in [5, 5.41) is 2.44. The Morgan fingerprint density at radius 2 is 0.704 bits per heavy atom. The van der Waals surface area contributed by atoms with Gasteiger partial charge in [0, 0.05) is 44.2 Å². The number of para-hydroxylation sites is 4. The Labute approximate surface area is 564 Å². The molecule has 0 aliphatic heterocycles. The van der Waals surface area contributed by atoms with Gasteiger partial charge in [-0.25, -0.2) is 18.7 Å². The maximum absolute atomic E-state index is 15.3. The number of fused-ring (bicyclic) bond motifs is 12. The van der Waals surface area contributed by atoms with Gasteiger partial charge in [0.05, 0.1) is 61.3 Å². The Bertz CT molecular complexity index is 6240. The number of rotatable bonds is 10. The Morgan fingerprint density at radius 1 is 0.276 bits per heavy atom. The Morgan fingerprint density at radius 3 is 1.35 bits per heavy atom. The van der Waals surface area contributed by atoms with E-state index in [0.717, 1.165) is 66.8 Å². The molecule has 3 aromatic heterocycles. The van der Waals surface area contributed by atoms with Crippen LogP contribution in [0.5, 0.6) is 0 Å². The average molecular weight is 1270 g/mol. The van der Waals surface area contributed by atoms with Gasteiger partial charge < -0.3 is 9.47 Å². The molecule has 13 aromatic carbocycles. The highest BCUT2D eigenvalue weighted by atomic mass is 16.2. The molecular weight excluding hydrogens is 1210 g/mol. The lowest BCUT2D eigenvalue weighted by molar-refractivity contribution is 0.660. The van der Waals surface area contributed by atoms with Crippen molar-refractivity contribution >= 4 is 60.7 Å². The standard InChI is InChI=1S/C88H62N6O4/c1-87(2)72-31-18-15-28-68(72)80-73(87)32-20-34-77(80)89(65-48-49-67-66-27-14-17-30-71(66)88(3,4)74(67)54-65)62-42-39-57(40-43-62)58-41-50-76-70(53-58)83(95)93(85(97)91(76)59-21-8-5-9-22-59)64-46-37-56(38-47-64)55-35-44-63(45-36-55)90-75-33-19-16-29-69(75)81-78(90)51-52-79-82(81)84(96)94(61-25-12-7-13-26-61)86(98)92(79)60-23-10-6-11-24-60/h5-54H,1-4H3. The zero-order valence-corrected chi connectivity index (χ0v) is 54.2. The lowest BCUT2D eigenvalue weighted by Crippen LogP contribution is -2.38. The predicted molar refractivity (Wildman–Crippen MR) is 399 cm³/mol. The van der Waals surface area contributed by atoms with E-state index in [0.29, 0.717) is 44.6 Å². The number of hydrogen-bond acceptors (Lipinski definition) is 5. The molecule has 0 atom stereocenters. The van der Waals surface area contributed by atoms with E-state index in [2.05, 4.69) is 177 Å². The van der Waals surface area contributed by atoms with E-state index < -0.39 is 22.5 Å². The van der Waals surface area contributed by atoms with Crippen LogP contribution in [0.15, 0.2) is 322 Å². The van der Waals surface area contributed by atoms with Gasteiger partial charge in [-0.3, -0.25) is 18.7 Å². The average Bonchev–Trinajstić information content (AvgIpc) is 1.47. The molecule has 16 aromatic rings. The van der Waals surface area contributed by atoms with Crippen LogP contribution in [-0.4, -0.2) is 22.8 Å². The van der Waals surface area contributed by atoms with Crippen LogP contribution in [-0.2, 0) is 10.8 Å². The first kappa shape index (κ1) is 58.0. The molecule has 0 saturated heterocycles. The lowest BCUT2D eigenvalue weighted by Gasteiger charge is -2.30. The van der Waals surface area contributed by atoms with Gasteiger partial charge in [0.2, 0.25) is 0 Å². The summed E-state index contributed by atoms with van der Waals surface area (Å²) in [5.41, 5.74) is 20.5. The number of aromatic nitrogens is 5. The third kappa shape index (κ3) is 8.67. The number of nitrogens with zero attached hydrogens (tertiary/aromatic N) is 6. The highest BCUT2D eigenvalue weighted by Crippen LogP contribution is 2.56. The molecule has 0 bridgehead atoms. The summed E-state index contributed by atoms with van der Waals surface area (Å²) in [6.07, 6.45) is 0. The SMILES string of the molecule is CC1(C)c2ccccc2-c2ccc(N(c3ccc(-c4ccc5c(c4)c(=O)n(-c4ccc(-c6ccc(-n7c8ccccc8c8c9c(=O)n(-c%10ccccc%10)c(=O)n(-c%10ccccc%10)c9ccc87)cc6)cc4)c(=O)n5-c4ccccc4)cc3)c3cccc4c3-c3ccccc3C4(C)C)cc21. The quantitative estimate of drug-likeness (QED) is 0.136. The van der Waals surface area contributed by atoms with Crippen molar-refractivity contribution in [2.75, 3.05) is 4.90 Å². The molecule has 2 aliphatic rings. The van der Waals surface area contributed by atoms with Gasteiger partial charge in [0.15, 0.2) is 0 Å². The maximum atomic E-state index is 15.3. The van der Waals surface area contributed by atoms with Crippen molar-refractivity contribution in [2.45, 2.75) is 38.5 Å². The highest BCUT2D eigenvalue weighted by Gasteiger charge is 2.39. The monoisotopic (exact) mass is 1270 g/mol. The van der Waals surface area contributed by atoms with E-state index in [-0.39, 0.29) is 10.8 Å². The van der Waals surface area contributed by atoms with E-state index >= 15 is 14.4 Å². The van der Waals surface area contributed by atoms with Gasteiger partial charge in [-0.05, 0) is 183 Å². The first-order valence-corrected chi connectivity index (χ1v) is 33.2. The molecule has 468 valence electrons. The Balaban J connectivity index is 0.714. The smallest absolute Gasteiger partial charge is 0.310 e. The molecule has 10 heteroatoms. The van der Waals surface area contributed by atoms with Crippen LogP contribution >= 0.6 is 0 Å². The molecule has 0 saturated carbocycles. The van der Waals surface area contributed by atoms with Crippen LogP contribution in [0.1, 0.15) is 49.9 Å². The summed E-state index contributed by atoms with van der Waals surface area (Å²) in [6.45, 7) is 9.30. The van der Waals surface area contributed by atoms with Crippen LogP contribution in [0.2, 0.25) is 0 Å². The molecule has 0 amide bonds. The van der Waals surface area contributed by atoms with Crippen LogP contribution in [0.3, 0.4) is 0 Å². The van der Waals surface area contributed by atoms with Crippen molar-refractivity contribution in [3.8, 4) is 72.9 Å². The van der Waals surface area contributed by atoms with Crippen molar-refractivity contribution in [3.63, 3.8) is 0 Å². The summed E-state index contributed by atoms with van der Waals surface area (Å²) in [6, 6.07) is 101. The Kier molecular flexibility index (Phi) is 13.0. The fourth-order valence-electron chi connectivity index (χ4n) is 15.9. The largest absolute Gasteiger partial charge is 0.340 e. The second kappa shape index (κ2) is 22.0. The van der Waals surface area contributed by atoms with Gasteiger partial charge in [-0.15, -0.1) is 0 Å². The Hall–Kier alpha value is -12.7. The fraction of sp³-hybridized carbons (Fsp3) is 0.0682. The molecule has 18 rings (SSSR count).